The Labute approximate surface area is 88.7 Å². The number of nitrogens with two attached hydrogens (primary N) is 2. The van der Waals surface area contributed by atoms with Crippen LogP contribution in [0.1, 0.15) is 6.42 Å². The number of hydrogen-bond acceptors (Lipinski definition) is 5. The fraction of sp³-hybridized carbons (Fsp3) is 0.500. The van der Waals surface area contributed by atoms with Crippen molar-refractivity contribution >= 4 is 11.4 Å². The standard InChI is InChI=1S/C10H16N4O/c11-7-5-13-3-1-9(7)14-4-2-10(15)8(12)6-14/h1,3,5,8,10,15H,2,4,6,11-12H2. The van der Waals surface area contributed by atoms with Gasteiger partial charge in [0, 0.05) is 25.3 Å². The van der Waals surface area contributed by atoms with Gasteiger partial charge in [-0.05, 0) is 12.5 Å². The number of aromatic nitrogens is 1. The molecule has 1 aliphatic heterocycles. The molecule has 0 aromatic carbocycles. The van der Waals surface area contributed by atoms with Crippen molar-refractivity contribution in [3.8, 4) is 0 Å². The average Bonchev–Trinajstić information content (AvgIpc) is 2.23. The molecule has 5 heteroatoms. The van der Waals surface area contributed by atoms with Gasteiger partial charge in [0.2, 0.25) is 0 Å². The number of rotatable bonds is 1. The lowest BCUT2D eigenvalue weighted by molar-refractivity contribution is 0.124. The molecule has 5 nitrogen and oxygen atoms in total. The van der Waals surface area contributed by atoms with Crippen LogP contribution in [0.2, 0.25) is 0 Å². The monoisotopic (exact) mass is 208 g/mol. The van der Waals surface area contributed by atoms with Crippen molar-refractivity contribution in [1.29, 1.82) is 0 Å². The minimum atomic E-state index is -0.399. The highest BCUT2D eigenvalue weighted by atomic mass is 16.3. The Bertz CT molecular complexity index is 344. The van der Waals surface area contributed by atoms with E-state index in [0.29, 0.717) is 18.7 Å². The summed E-state index contributed by atoms with van der Waals surface area (Å²) < 4.78 is 0. The zero-order valence-electron chi connectivity index (χ0n) is 8.50. The van der Waals surface area contributed by atoms with Crippen molar-refractivity contribution in [1.82, 2.24) is 4.98 Å². The van der Waals surface area contributed by atoms with Crippen LogP contribution in [0.15, 0.2) is 18.5 Å². The van der Waals surface area contributed by atoms with Crippen LogP contribution in [0.3, 0.4) is 0 Å². The Hall–Kier alpha value is -1.33. The van der Waals surface area contributed by atoms with E-state index in [-0.39, 0.29) is 6.04 Å². The molecule has 2 rings (SSSR count). The van der Waals surface area contributed by atoms with Gasteiger partial charge in [0.05, 0.1) is 23.7 Å². The second kappa shape index (κ2) is 4.04. The molecule has 1 aromatic rings. The quantitative estimate of drug-likeness (QED) is 0.582. The van der Waals surface area contributed by atoms with Gasteiger partial charge in [-0.1, -0.05) is 0 Å². The molecular formula is C10H16N4O. The average molecular weight is 208 g/mol. The molecule has 2 unspecified atom stereocenters. The van der Waals surface area contributed by atoms with Crippen LogP contribution >= 0.6 is 0 Å². The molecule has 0 saturated carbocycles. The minimum Gasteiger partial charge on any atom is -0.396 e. The molecule has 1 saturated heterocycles. The van der Waals surface area contributed by atoms with E-state index >= 15 is 0 Å². The number of piperidine rings is 1. The van der Waals surface area contributed by atoms with E-state index in [2.05, 4.69) is 9.88 Å². The fourth-order valence-electron chi connectivity index (χ4n) is 1.88. The minimum absolute atomic E-state index is 0.202. The molecule has 5 N–H and O–H groups in total. The first-order valence-electron chi connectivity index (χ1n) is 5.06. The molecule has 82 valence electrons. The van der Waals surface area contributed by atoms with Gasteiger partial charge < -0.3 is 21.5 Å². The van der Waals surface area contributed by atoms with Crippen LogP contribution in [-0.4, -0.2) is 35.3 Å². The highest BCUT2D eigenvalue weighted by molar-refractivity contribution is 5.66. The molecule has 2 atom stereocenters. The van der Waals surface area contributed by atoms with Crippen molar-refractivity contribution in [3.63, 3.8) is 0 Å². The Morgan fingerprint density at radius 1 is 1.53 bits per heavy atom. The number of anilines is 2. The number of aliphatic hydroxyl groups excluding tert-OH is 1. The molecule has 0 radical (unpaired) electrons. The summed E-state index contributed by atoms with van der Waals surface area (Å²) in [6.45, 7) is 1.42. The molecule has 2 heterocycles. The Kier molecular flexibility index (Phi) is 2.75. The molecule has 1 aromatic heterocycles. The molecule has 1 aliphatic rings. The van der Waals surface area contributed by atoms with Crippen LogP contribution in [0.4, 0.5) is 11.4 Å². The number of hydrogen-bond donors (Lipinski definition) is 3. The van der Waals surface area contributed by atoms with Crippen molar-refractivity contribution < 1.29 is 5.11 Å². The SMILES string of the molecule is Nc1cnccc1N1CCC(O)C(N)C1. The largest absolute Gasteiger partial charge is 0.396 e. The van der Waals surface area contributed by atoms with E-state index in [1.165, 1.54) is 0 Å². The predicted molar refractivity (Wildman–Crippen MR) is 59.5 cm³/mol. The summed E-state index contributed by atoms with van der Waals surface area (Å²) in [4.78, 5) is 6.03. The third-order valence-corrected chi connectivity index (χ3v) is 2.79. The van der Waals surface area contributed by atoms with Gasteiger partial charge >= 0.3 is 0 Å². The van der Waals surface area contributed by atoms with Crippen LogP contribution in [-0.2, 0) is 0 Å². The second-order valence-corrected chi connectivity index (χ2v) is 3.90. The number of nitrogens with zero attached hydrogens (tertiary/aromatic N) is 2. The molecule has 0 bridgehead atoms. The lowest BCUT2D eigenvalue weighted by atomic mass is 10.0. The van der Waals surface area contributed by atoms with E-state index in [9.17, 15) is 5.11 Å². The predicted octanol–water partition coefficient (Wildman–Crippen LogP) is -0.438. The van der Waals surface area contributed by atoms with Gasteiger partial charge in [-0.25, -0.2) is 0 Å². The van der Waals surface area contributed by atoms with Crippen LogP contribution in [0.5, 0.6) is 0 Å². The van der Waals surface area contributed by atoms with Gasteiger partial charge in [-0.15, -0.1) is 0 Å². The fourth-order valence-corrected chi connectivity index (χ4v) is 1.88. The highest BCUT2D eigenvalue weighted by Gasteiger charge is 2.25. The van der Waals surface area contributed by atoms with Gasteiger partial charge in [0.25, 0.3) is 0 Å². The summed E-state index contributed by atoms with van der Waals surface area (Å²) in [7, 11) is 0. The maximum absolute atomic E-state index is 9.52. The summed E-state index contributed by atoms with van der Waals surface area (Å²) >= 11 is 0. The van der Waals surface area contributed by atoms with Crippen molar-refractivity contribution in [2.45, 2.75) is 18.6 Å². The van der Waals surface area contributed by atoms with Crippen molar-refractivity contribution in [2.24, 2.45) is 5.73 Å². The third kappa shape index (κ3) is 2.03. The molecular weight excluding hydrogens is 192 g/mol. The summed E-state index contributed by atoms with van der Waals surface area (Å²) in [5.41, 5.74) is 13.2. The smallest absolute Gasteiger partial charge is 0.0738 e. The molecule has 15 heavy (non-hydrogen) atoms. The van der Waals surface area contributed by atoms with E-state index < -0.39 is 6.10 Å². The molecule has 0 amide bonds. The topological polar surface area (TPSA) is 88.4 Å². The zero-order valence-corrected chi connectivity index (χ0v) is 8.50. The number of nitrogen functional groups attached to an aromatic ring is 1. The Morgan fingerprint density at radius 2 is 2.33 bits per heavy atom. The first-order chi connectivity index (χ1) is 7.18. The van der Waals surface area contributed by atoms with Crippen molar-refractivity contribution in [3.05, 3.63) is 18.5 Å². The summed E-state index contributed by atoms with van der Waals surface area (Å²) in [5, 5.41) is 9.52. The van der Waals surface area contributed by atoms with E-state index in [1.807, 2.05) is 6.07 Å². The van der Waals surface area contributed by atoms with Crippen molar-refractivity contribution in [2.75, 3.05) is 23.7 Å². The van der Waals surface area contributed by atoms with Gasteiger partial charge in [0.1, 0.15) is 0 Å². The highest BCUT2D eigenvalue weighted by Crippen LogP contribution is 2.24. The van der Waals surface area contributed by atoms with E-state index in [1.54, 1.807) is 12.4 Å². The zero-order chi connectivity index (χ0) is 10.8. The number of aliphatic hydroxyl groups is 1. The maximum atomic E-state index is 9.52. The maximum Gasteiger partial charge on any atom is 0.0738 e. The lowest BCUT2D eigenvalue weighted by Crippen LogP contribution is -2.51. The van der Waals surface area contributed by atoms with Crippen LogP contribution in [0.25, 0.3) is 0 Å². The molecule has 1 fully saturated rings. The van der Waals surface area contributed by atoms with Gasteiger partial charge in [-0.2, -0.15) is 0 Å². The summed E-state index contributed by atoms with van der Waals surface area (Å²) in [6.07, 6.45) is 3.63. The number of pyridine rings is 1. The second-order valence-electron chi connectivity index (χ2n) is 3.90. The van der Waals surface area contributed by atoms with Gasteiger partial charge in [-0.3, -0.25) is 4.98 Å². The lowest BCUT2D eigenvalue weighted by Gasteiger charge is -2.36. The van der Waals surface area contributed by atoms with E-state index in [0.717, 1.165) is 12.2 Å². The third-order valence-electron chi connectivity index (χ3n) is 2.79. The molecule has 0 spiro atoms. The van der Waals surface area contributed by atoms with E-state index in [4.69, 9.17) is 11.5 Å². The summed E-state index contributed by atoms with van der Waals surface area (Å²) in [6, 6.07) is 1.67. The summed E-state index contributed by atoms with van der Waals surface area (Å²) in [5.74, 6) is 0. The van der Waals surface area contributed by atoms with Crippen LogP contribution < -0.4 is 16.4 Å². The normalized spacial score (nSPS) is 26.7. The molecule has 0 aliphatic carbocycles. The first-order valence-corrected chi connectivity index (χ1v) is 5.06. The Morgan fingerprint density at radius 3 is 3.00 bits per heavy atom. The first kappa shape index (κ1) is 10.2. The van der Waals surface area contributed by atoms with Gasteiger partial charge in [0.15, 0.2) is 0 Å². The Balaban J connectivity index is 2.15. The van der Waals surface area contributed by atoms with Crippen LogP contribution in [0, 0.1) is 0 Å².